The summed E-state index contributed by atoms with van der Waals surface area (Å²) in [5.74, 6) is 0. The Kier molecular flexibility index (Phi) is 1.19. The van der Waals surface area contributed by atoms with E-state index in [0.29, 0.717) is 0 Å². The van der Waals surface area contributed by atoms with Gasteiger partial charge in [-0.05, 0) is 0 Å². The fourth-order valence-electron chi connectivity index (χ4n) is 1.78. The van der Waals surface area contributed by atoms with E-state index in [4.69, 9.17) is 0 Å². The van der Waals surface area contributed by atoms with E-state index in [1.807, 2.05) is 0 Å². The maximum absolute atomic E-state index is 2.48. The second kappa shape index (κ2) is 1.47. The Morgan fingerprint density at radius 2 is 1.00 bits per heavy atom. The van der Waals surface area contributed by atoms with Crippen LogP contribution in [0.4, 0.5) is 0 Å². The van der Waals surface area contributed by atoms with E-state index in [0.717, 1.165) is 25.5 Å². The zero-order valence-electron chi connectivity index (χ0n) is 4.17. The van der Waals surface area contributed by atoms with Gasteiger partial charge in [-0.25, -0.2) is 0 Å². The van der Waals surface area contributed by atoms with Crippen LogP contribution < -0.4 is 0 Å². The molecule has 3 aliphatic rings. The molecule has 4 radical (unpaired) electrons. The van der Waals surface area contributed by atoms with Crippen LogP contribution in [0.25, 0.3) is 0 Å². The third-order valence-electron chi connectivity index (χ3n) is 2.38. The Bertz CT molecular complexity index is 76.7. The molecule has 3 heterocycles. The van der Waals surface area contributed by atoms with Crippen LogP contribution in [0.15, 0.2) is 0 Å². The predicted molar refractivity (Wildman–Crippen MR) is 40.3 cm³/mol. The minimum atomic E-state index is 0. The number of fused-ring (bicyclic) bond motifs is 4. The number of hydrogen-bond donors (Lipinski definition) is 0. The molecule has 3 aliphatic heterocycles. The van der Waals surface area contributed by atoms with Crippen LogP contribution in [0.2, 0.25) is 0 Å². The van der Waals surface area contributed by atoms with Gasteiger partial charge in [0.25, 0.3) is 0 Å². The van der Waals surface area contributed by atoms with Crippen LogP contribution in [-0.2, 0) is 0 Å². The van der Waals surface area contributed by atoms with Crippen molar-refractivity contribution in [2.45, 2.75) is 0 Å². The molecule has 0 N–H and O–H groups in total. The predicted octanol–water partition coefficient (Wildman–Crippen LogP) is -2.67. The van der Waals surface area contributed by atoms with Crippen molar-refractivity contribution < 1.29 is 0 Å². The van der Waals surface area contributed by atoms with Crippen LogP contribution in [0.1, 0.15) is 0 Å². The second-order valence-electron chi connectivity index (χ2n) is 2.69. The quantitative estimate of drug-likeness (QED) is 0.332. The summed E-state index contributed by atoms with van der Waals surface area (Å²) in [6.07, 6.45) is 4.37. The molecule has 0 saturated carbocycles. The maximum Gasteiger partial charge on any atom is 2.00 e. The van der Waals surface area contributed by atoms with Crippen molar-refractivity contribution in [3.63, 3.8) is 0 Å². The molecule has 0 amide bonds. The van der Waals surface area contributed by atoms with Gasteiger partial charge >= 0.3 is 45.5 Å². The summed E-state index contributed by atoms with van der Waals surface area (Å²) in [6.45, 7) is 0. The molecular weight excluding hydrogens is 152 g/mol. The average Bonchev–Trinajstić information content (AvgIpc) is 2.04. The molecule has 0 bridgehead atoms. The van der Waals surface area contributed by atoms with Gasteiger partial charge in [0.1, 0.15) is 0 Å². The number of rotatable bonds is 0. The van der Waals surface area contributed by atoms with E-state index in [9.17, 15) is 0 Å². The Hall–Kier alpha value is 1.87. The van der Waals surface area contributed by atoms with Gasteiger partial charge in [-0.15, -0.1) is 0 Å². The van der Waals surface area contributed by atoms with Crippen LogP contribution in [0.3, 0.4) is 0 Å². The molecular formula is B6Sr. The third kappa shape index (κ3) is 0.567. The summed E-state index contributed by atoms with van der Waals surface area (Å²) < 4.78 is 0. The first kappa shape index (κ1) is 5.64. The minimum Gasteiger partial charge on any atom is -0.452 e. The molecule has 0 unspecified atom stereocenters. The first-order chi connectivity index (χ1) is 2.97. The van der Waals surface area contributed by atoms with Crippen molar-refractivity contribution >= 4 is 85.1 Å². The summed E-state index contributed by atoms with van der Waals surface area (Å²) in [5, 5.41) is 0. The molecule has 20 valence electrons. The Balaban J connectivity index is 0.000000213. The van der Waals surface area contributed by atoms with Crippen LogP contribution in [0.5, 0.6) is 0 Å². The Morgan fingerprint density at radius 1 is 0.714 bits per heavy atom. The molecule has 0 aromatic rings. The van der Waals surface area contributed by atoms with Crippen molar-refractivity contribution in [3.05, 3.63) is 0 Å². The van der Waals surface area contributed by atoms with Crippen molar-refractivity contribution in [3.8, 4) is 0 Å². The van der Waals surface area contributed by atoms with Gasteiger partial charge in [0.15, 0.2) is 0 Å². The maximum atomic E-state index is 2.48. The van der Waals surface area contributed by atoms with Gasteiger partial charge < -0.3 is 14.1 Å². The van der Waals surface area contributed by atoms with Crippen molar-refractivity contribution in [2.75, 3.05) is 0 Å². The second-order valence-corrected chi connectivity index (χ2v) is 2.69. The SMILES string of the molecule is [B-]1B2B1B1[B-]B21.[Sr+2]. The zero-order valence-corrected chi connectivity index (χ0v) is 7.65. The number of hydrogen-bond acceptors (Lipinski definition) is 0. The molecule has 3 saturated heterocycles. The third-order valence-corrected chi connectivity index (χ3v) is 2.38. The van der Waals surface area contributed by atoms with Gasteiger partial charge in [-0.1, -0.05) is 0 Å². The van der Waals surface area contributed by atoms with E-state index in [2.05, 4.69) is 14.1 Å². The molecule has 3 fully saturated rings. The van der Waals surface area contributed by atoms with Crippen LogP contribution in [0, 0.1) is 0 Å². The van der Waals surface area contributed by atoms with E-state index in [1.54, 1.807) is 0 Å². The van der Waals surface area contributed by atoms with Crippen LogP contribution in [-0.4, -0.2) is 85.1 Å². The van der Waals surface area contributed by atoms with Gasteiger partial charge in [-0.3, -0.25) is 25.5 Å². The molecule has 7 heteroatoms. The minimum absolute atomic E-state index is 0. The largest absolute Gasteiger partial charge is 2.00 e. The fraction of sp³-hybridized carbons (Fsp3) is 0. The summed E-state index contributed by atoms with van der Waals surface area (Å²) in [7, 11) is 4.96. The molecule has 0 spiro atoms. The van der Waals surface area contributed by atoms with E-state index >= 15 is 0 Å². The van der Waals surface area contributed by atoms with Gasteiger partial charge in [0.05, 0.1) is 0 Å². The first-order valence-corrected chi connectivity index (χ1v) is 2.67. The molecule has 0 aromatic carbocycles. The monoisotopic (exact) mass is 154 g/mol. The average molecular weight is 152 g/mol. The fourth-order valence-corrected chi connectivity index (χ4v) is 1.78. The summed E-state index contributed by atoms with van der Waals surface area (Å²) >= 11 is 0. The van der Waals surface area contributed by atoms with E-state index < -0.39 is 0 Å². The smallest absolute Gasteiger partial charge is 0.452 e. The van der Waals surface area contributed by atoms with Crippen molar-refractivity contribution in [2.24, 2.45) is 0 Å². The normalized spacial score (nSPS) is 27.4. The molecule has 0 atom stereocenters. The van der Waals surface area contributed by atoms with Crippen LogP contribution >= 0.6 is 0 Å². The summed E-state index contributed by atoms with van der Waals surface area (Å²) in [5.41, 5.74) is 0. The molecule has 3 rings (SSSR count). The van der Waals surface area contributed by atoms with Crippen molar-refractivity contribution in [1.29, 1.82) is 0 Å². The van der Waals surface area contributed by atoms with E-state index in [-0.39, 0.29) is 45.5 Å². The molecule has 0 aromatic heterocycles. The standard InChI is InChI=1S/B6.Sr/c1-3-4(1)6-2-5(3)6;/q-2;+2. The van der Waals surface area contributed by atoms with Gasteiger partial charge in [0, 0.05) is 0 Å². The first-order valence-electron chi connectivity index (χ1n) is 2.67. The molecule has 0 nitrogen and oxygen atoms in total. The Morgan fingerprint density at radius 3 is 1.14 bits per heavy atom. The molecule has 0 aliphatic carbocycles. The van der Waals surface area contributed by atoms with E-state index in [1.165, 1.54) is 0 Å². The zero-order chi connectivity index (χ0) is 3.72. The van der Waals surface area contributed by atoms with Gasteiger partial charge in [0.2, 0.25) is 0 Å². The molecule has 7 heavy (non-hydrogen) atoms. The van der Waals surface area contributed by atoms with Crippen molar-refractivity contribution in [1.82, 2.24) is 0 Å². The summed E-state index contributed by atoms with van der Waals surface area (Å²) in [4.78, 5) is 0. The Labute approximate surface area is 83.9 Å². The van der Waals surface area contributed by atoms with Gasteiger partial charge in [-0.2, -0.15) is 0 Å². The topological polar surface area (TPSA) is 0 Å². The summed E-state index contributed by atoms with van der Waals surface area (Å²) in [6, 6.07) is 0.